The standard InChI is InChI=1S/C53H55Br2N3O4/c1-2-41-11-22-47(23-12-41)58-40-44-17-32-52(61-35-9-4-3-7-33-59-50-28-13-42(14-29-50)38-56-48-24-18-45(54)19-25-48)37-53(44)62-36-10-6-5-8-34-60-51-30-15-43(16-31-51)39-57-49-26-20-46(55)21-27-49/h11-32,37-40H,2-10,33-36H2,1H3. The highest BCUT2D eigenvalue weighted by Gasteiger charge is 2.07. The van der Waals surface area contributed by atoms with Gasteiger partial charge in [0.25, 0.3) is 0 Å². The Kier molecular flexibility index (Phi) is 19.3. The van der Waals surface area contributed by atoms with Crippen LogP contribution in [0.1, 0.15) is 80.5 Å². The number of rotatable bonds is 25. The third kappa shape index (κ3) is 16.7. The molecule has 6 rings (SSSR count). The Morgan fingerprint density at radius 1 is 0.403 bits per heavy atom. The quantitative estimate of drug-likeness (QED) is 0.0423. The van der Waals surface area contributed by atoms with E-state index in [4.69, 9.17) is 23.9 Å². The van der Waals surface area contributed by atoms with E-state index < -0.39 is 0 Å². The molecule has 0 fully saturated rings. The number of ether oxygens (including phenoxy) is 4. The minimum Gasteiger partial charge on any atom is -0.494 e. The molecule has 7 nitrogen and oxygen atoms in total. The van der Waals surface area contributed by atoms with E-state index in [1.54, 1.807) is 0 Å². The van der Waals surface area contributed by atoms with Gasteiger partial charge < -0.3 is 18.9 Å². The largest absolute Gasteiger partial charge is 0.494 e. The Balaban J connectivity index is 0.879. The summed E-state index contributed by atoms with van der Waals surface area (Å²) in [7, 11) is 0. The van der Waals surface area contributed by atoms with Crippen LogP contribution in [0, 0.1) is 0 Å². The second-order valence-corrected chi connectivity index (χ2v) is 16.6. The third-order valence-corrected chi connectivity index (χ3v) is 11.0. The Bertz CT molecular complexity index is 2290. The minimum absolute atomic E-state index is 0.618. The lowest BCUT2D eigenvalue weighted by molar-refractivity contribution is 0.279. The molecule has 0 atom stereocenters. The molecular formula is C53H55Br2N3O4. The average molecular weight is 958 g/mol. The first-order valence-electron chi connectivity index (χ1n) is 21.6. The topological polar surface area (TPSA) is 74.0 Å². The van der Waals surface area contributed by atoms with Gasteiger partial charge in [-0.05, 0) is 196 Å². The highest BCUT2D eigenvalue weighted by atomic mass is 79.9. The van der Waals surface area contributed by atoms with Gasteiger partial charge in [0.15, 0.2) is 0 Å². The lowest BCUT2D eigenvalue weighted by atomic mass is 10.1. The van der Waals surface area contributed by atoms with Crippen LogP contribution in [0.25, 0.3) is 0 Å². The van der Waals surface area contributed by atoms with Crippen LogP contribution >= 0.6 is 31.9 Å². The predicted octanol–water partition coefficient (Wildman–Crippen LogP) is 15.1. The van der Waals surface area contributed by atoms with Gasteiger partial charge in [0.1, 0.15) is 23.0 Å². The van der Waals surface area contributed by atoms with E-state index in [-0.39, 0.29) is 0 Å². The lowest BCUT2D eigenvalue weighted by Gasteiger charge is -2.13. The summed E-state index contributed by atoms with van der Waals surface area (Å²) in [5.74, 6) is 3.33. The summed E-state index contributed by atoms with van der Waals surface area (Å²) in [5.41, 5.74) is 7.04. The molecule has 62 heavy (non-hydrogen) atoms. The van der Waals surface area contributed by atoms with Crippen LogP contribution in [0.2, 0.25) is 0 Å². The van der Waals surface area contributed by atoms with Crippen LogP contribution in [-0.4, -0.2) is 45.1 Å². The lowest BCUT2D eigenvalue weighted by Crippen LogP contribution is -2.03. The van der Waals surface area contributed by atoms with Crippen molar-refractivity contribution in [1.82, 2.24) is 0 Å². The van der Waals surface area contributed by atoms with Crippen LogP contribution in [0.3, 0.4) is 0 Å². The van der Waals surface area contributed by atoms with Crippen LogP contribution in [0.15, 0.2) is 163 Å². The number of aryl methyl sites for hydroxylation is 1. The predicted molar refractivity (Wildman–Crippen MR) is 264 cm³/mol. The normalized spacial score (nSPS) is 11.5. The number of aliphatic imine (C=N–C) groups is 3. The fourth-order valence-electron chi connectivity index (χ4n) is 6.32. The van der Waals surface area contributed by atoms with Crippen LogP contribution in [-0.2, 0) is 6.42 Å². The Hall–Kier alpha value is -5.51. The second kappa shape index (κ2) is 26.1. The number of halogens is 2. The molecule has 0 N–H and O–H groups in total. The van der Waals surface area contributed by atoms with Gasteiger partial charge >= 0.3 is 0 Å². The van der Waals surface area contributed by atoms with Crippen molar-refractivity contribution in [3.63, 3.8) is 0 Å². The first kappa shape index (κ1) is 46.0. The van der Waals surface area contributed by atoms with Crippen molar-refractivity contribution in [2.24, 2.45) is 15.0 Å². The molecule has 0 unspecified atom stereocenters. The number of unbranched alkanes of at least 4 members (excludes halogenated alkanes) is 6. The maximum Gasteiger partial charge on any atom is 0.131 e. The third-order valence-electron chi connectivity index (χ3n) is 9.96. The molecule has 0 aliphatic heterocycles. The number of hydrogen-bond acceptors (Lipinski definition) is 7. The molecule has 0 saturated heterocycles. The molecule has 0 saturated carbocycles. The van der Waals surface area contributed by atoms with E-state index in [0.29, 0.717) is 26.4 Å². The fourth-order valence-corrected chi connectivity index (χ4v) is 6.85. The first-order valence-corrected chi connectivity index (χ1v) is 23.2. The summed E-state index contributed by atoms with van der Waals surface area (Å²) in [4.78, 5) is 13.8. The molecule has 6 aromatic carbocycles. The van der Waals surface area contributed by atoms with Crippen LogP contribution < -0.4 is 18.9 Å². The van der Waals surface area contributed by atoms with Crippen molar-refractivity contribution in [3.8, 4) is 23.0 Å². The molecule has 0 spiro atoms. The molecule has 0 aliphatic carbocycles. The van der Waals surface area contributed by atoms with Crippen LogP contribution in [0.5, 0.6) is 23.0 Å². The SMILES string of the molecule is CCc1ccc(N=Cc2ccc(OCCCCCCOc3ccc(C=Nc4ccc(Br)cc4)cc3)cc2OCCCCCCOc2ccc(C=Nc3ccc(Br)cc3)cc2)cc1. The summed E-state index contributed by atoms with van der Waals surface area (Å²) >= 11 is 6.92. The van der Waals surface area contributed by atoms with Gasteiger partial charge in [-0.25, -0.2) is 0 Å². The van der Waals surface area contributed by atoms with E-state index >= 15 is 0 Å². The van der Waals surface area contributed by atoms with E-state index in [2.05, 4.69) is 73.0 Å². The van der Waals surface area contributed by atoms with Gasteiger partial charge in [-0.1, -0.05) is 50.9 Å². The summed E-state index contributed by atoms with van der Waals surface area (Å²) in [6.45, 7) is 4.79. The zero-order valence-electron chi connectivity index (χ0n) is 35.4. The number of hydrogen-bond donors (Lipinski definition) is 0. The molecule has 6 aromatic rings. The Morgan fingerprint density at radius 2 is 0.790 bits per heavy atom. The Morgan fingerprint density at radius 3 is 1.24 bits per heavy atom. The van der Waals surface area contributed by atoms with E-state index in [0.717, 1.165) is 123 Å². The molecule has 0 aromatic heterocycles. The van der Waals surface area contributed by atoms with Crippen molar-refractivity contribution in [3.05, 3.63) is 171 Å². The average Bonchev–Trinajstić information content (AvgIpc) is 3.31. The van der Waals surface area contributed by atoms with Gasteiger partial charge in [-0.2, -0.15) is 0 Å². The number of nitrogens with zero attached hydrogens (tertiary/aromatic N) is 3. The molecule has 0 aliphatic rings. The first-order chi connectivity index (χ1) is 30.5. The fraction of sp³-hybridized carbons (Fsp3) is 0.264. The van der Waals surface area contributed by atoms with Gasteiger partial charge in [-0.15, -0.1) is 0 Å². The molecule has 0 bridgehead atoms. The van der Waals surface area contributed by atoms with Crippen molar-refractivity contribution in [2.45, 2.75) is 64.7 Å². The smallest absolute Gasteiger partial charge is 0.131 e. The summed E-state index contributed by atoms with van der Waals surface area (Å²) in [6.07, 6.45) is 14.8. The zero-order valence-corrected chi connectivity index (χ0v) is 38.6. The molecule has 9 heteroatoms. The molecule has 0 heterocycles. The van der Waals surface area contributed by atoms with Crippen molar-refractivity contribution < 1.29 is 18.9 Å². The highest BCUT2D eigenvalue weighted by molar-refractivity contribution is 9.10. The molecule has 0 radical (unpaired) electrons. The maximum absolute atomic E-state index is 6.35. The minimum atomic E-state index is 0.618. The Labute approximate surface area is 384 Å². The zero-order chi connectivity index (χ0) is 43.0. The highest BCUT2D eigenvalue weighted by Crippen LogP contribution is 2.26. The van der Waals surface area contributed by atoms with Gasteiger partial charge in [0.2, 0.25) is 0 Å². The van der Waals surface area contributed by atoms with E-state index in [1.807, 2.05) is 134 Å². The summed E-state index contributed by atoms with van der Waals surface area (Å²) < 4.78 is 26.6. The maximum atomic E-state index is 6.35. The number of benzene rings is 6. The molecule has 320 valence electrons. The monoisotopic (exact) mass is 955 g/mol. The van der Waals surface area contributed by atoms with Gasteiger partial charge in [0.05, 0.1) is 43.5 Å². The molecule has 0 amide bonds. The van der Waals surface area contributed by atoms with Crippen molar-refractivity contribution >= 4 is 67.6 Å². The van der Waals surface area contributed by atoms with Crippen molar-refractivity contribution in [1.29, 1.82) is 0 Å². The van der Waals surface area contributed by atoms with Gasteiger partial charge in [-0.3, -0.25) is 15.0 Å². The van der Waals surface area contributed by atoms with Crippen molar-refractivity contribution in [2.75, 3.05) is 26.4 Å². The second-order valence-electron chi connectivity index (χ2n) is 14.8. The summed E-state index contributed by atoms with van der Waals surface area (Å²) in [5, 5.41) is 0. The molecular weight excluding hydrogens is 902 g/mol. The van der Waals surface area contributed by atoms with E-state index in [1.165, 1.54) is 5.56 Å². The van der Waals surface area contributed by atoms with Crippen LogP contribution in [0.4, 0.5) is 17.1 Å². The van der Waals surface area contributed by atoms with E-state index in [9.17, 15) is 0 Å². The summed E-state index contributed by atoms with van der Waals surface area (Å²) in [6, 6.07) is 46.4. The van der Waals surface area contributed by atoms with Gasteiger partial charge in [0, 0.05) is 39.2 Å².